The lowest BCUT2D eigenvalue weighted by molar-refractivity contribution is -0.120. The van der Waals surface area contributed by atoms with Crippen molar-refractivity contribution < 1.29 is 9.53 Å². The Morgan fingerprint density at radius 1 is 1.00 bits per heavy atom. The van der Waals surface area contributed by atoms with Gasteiger partial charge in [0.2, 0.25) is 5.91 Å². The van der Waals surface area contributed by atoms with Gasteiger partial charge in [-0.15, -0.1) is 24.0 Å². The molecule has 1 amide bonds. The van der Waals surface area contributed by atoms with E-state index >= 15 is 0 Å². The lowest BCUT2D eigenvalue weighted by Crippen LogP contribution is -2.43. The van der Waals surface area contributed by atoms with E-state index in [1.807, 2.05) is 55.5 Å². The molecule has 0 unspecified atom stereocenters. The summed E-state index contributed by atoms with van der Waals surface area (Å²) in [5.74, 6) is 1.27. The van der Waals surface area contributed by atoms with Crippen molar-refractivity contribution in [2.24, 2.45) is 4.99 Å². The molecular weight excluding hydrogens is 491 g/mol. The van der Waals surface area contributed by atoms with E-state index in [2.05, 4.69) is 20.9 Å². The number of aliphatic imine (C=N–C) groups is 1. The Kier molecular flexibility index (Phi) is 11.4. The van der Waals surface area contributed by atoms with E-state index in [1.165, 1.54) is 0 Å². The fourth-order valence-electron chi connectivity index (χ4n) is 2.27. The van der Waals surface area contributed by atoms with E-state index < -0.39 is 0 Å². The minimum Gasteiger partial charge on any atom is -0.497 e. The van der Waals surface area contributed by atoms with Gasteiger partial charge >= 0.3 is 0 Å². The maximum absolute atomic E-state index is 12.1. The molecule has 0 aliphatic heterocycles. The van der Waals surface area contributed by atoms with Crippen LogP contribution < -0.4 is 20.7 Å². The number of halogens is 2. The van der Waals surface area contributed by atoms with Crippen molar-refractivity contribution in [1.29, 1.82) is 0 Å². The minimum atomic E-state index is -0.108. The predicted octanol–water partition coefficient (Wildman–Crippen LogP) is 3.34. The minimum absolute atomic E-state index is 0. The van der Waals surface area contributed by atoms with Gasteiger partial charge in [-0.2, -0.15) is 0 Å². The number of hydrogen-bond acceptors (Lipinski definition) is 3. The molecule has 0 spiro atoms. The van der Waals surface area contributed by atoms with E-state index in [0.717, 1.165) is 16.9 Å². The quantitative estimate of drug-likeness (QED) is 0.286. The topological polar surface area (TPSA) is 74.8 Å². The number of rotatable bonds is 8. The average molecular weight is 517 g/mol. The van der Waals surface area contributed by atoms with E-state index in [4.69, 9.17) is 16.3 Å². The highest BCUT2D eigenvalue weighted by Crippen LogP contribution is 2.11. The number of nitrogens with zero attached hydrogens (tertiary/aromatic N) is 1. The normalized spacial score (nSPS) is 10.6. The monoisotopic (exact) mass is 516 g/mol. The summed E-state index contributed by atoms with van der Waals surface area (Å²) in [7, 11) is 1.62. The van der Waals surface area contributed by atoms with Gasteiger partial charge in [0, 0.05) is 18.1 Å². The van der Waals surface area contributed by atoms with Crippen LogP contribution in [-0.4, -0.2) is 32.1 Å². The Labute approximate surface area is 188 Å². The molecule has 2 rings (SSSR count). The van der Waals surface area contributed by atoms with E-state index in [9.17, 15) is 4.79 Å². The lowest BCUT2D eigenvalue weighted by Gasteiger charge is -2.12. The summed E-state index contributed by atoms with van der Waals surface area (Å²) in [6.45, 7) is 3.79. The van der Waals surface area contributed by atoms with Crippen LogP contribution in [0, 0.1) is 0 Å². The Hall–Kier alpha value is -2.00. The van der Waals surface area contributed by atoms with Crippen molar-refractivity contribution >= 4 is 47.4 Å². The highest BCUT2D eigenvalue weighted by atomic mass is 127. The van der Waals surface area contributed by atoms with E-state index in [1.54, 1.807) is 7.11 Å². The second-order valence-electron chi connectivity index (χ2n) is 5.80. The van der Waals surface area contributed by atoms with Gasteiger partial charge in [-0.05, 0) is 42.3 Å². The molecule has 0 aromatic heterocycles. The van der Waals surface area contributed by atoms with Gasteiger partial charge in [0.1, 0.15) is 5.75 Å². The van der Waals surface area contributed by atoms with Crippen molar-refractivity contribution in [2.75, 3.05) is 20.2 Å². The number of ether oxygens (including phenoxy) is 1. The number of nitrogens with one attached hydrogen (secondary N) is 3. The number of hydrogen-bond donors (Lipinski definition) is 3. The molecule has 0 saturated heterocycles. The SMILES string of the molecule is CCNC(=NCc1ccc(Cl)cc1)NCC(=O)NCc1ccc(OC)cc1.I. The van der Waals surface area contributed by atoms with Crippen LogP contribution in [0.3, 0.4) is 0 Å². The molecule has 0 atom stereocenters. The molecule has 152 valence electrons. The average Bonchev–Trinajstić information content (AvgIpc) is 2.70. The van der Waals surface area contributed by atoms with Crippen molar-refractivity contribution in [2.45, 2.75) is 20.0 Å². The first kappa shape index (κ1) is 24.0. The molecule has 2 aromatic rings. The van der Waals surface area contributed by atoms with Gasteiger partial charge in [0.05, 0.1) is 20.2 Å². The van der Waals surface area contributed by atoms with Crippen molar-refractivity contribution in [1.82, 2.24) is 16.0 Å². The summed E-state index contributed by atoms with van der Waals surface area (Å²) in [5, 5.41) is 9.73. The van der Waals surface area contributed by atoms with Crippen LogP contribution in [0.4, 0.5) is 0 Å². The number of guanidine groups is 1. The third-order valence-corrected chi connectivity index (χ3v) is 3.99. The maximum atomic E-state index is 12.1. The number of carbonyl (C=O) groups is 1. The molecule has 0 heterocycles. The molecule has 0 fully saturated rings. The fraction of sp³-hybridized carbons (Fsp3) is 0.300. The van der Waals surface area contributed by atoms with Gasteiger partial charge in [-0.25, -0.2) is 4.99 Å². The van der Waals surface area contributed by atoms with Crippen LogP contribution in [-0.2, 0) is 17.9 Å². The van der Waals surface area contributed by atoms with Crippen molar-refractivity contribution in [3.63, 3.8) is 0 Å². The zero-order chi connectivity index (χ0) is 19.5. The second kappa shape index (κ2) is 13.2. The van der Waals surface area contributed by atoms with Crippen LogP contribution in [0.15, 0.2) is 53.5 Å². The lowest BCUT2D eigenvalue weighted by atomic mass is 10.2. The van der Waals surface area contributed by atoms with Gasteiger partial charge in [-0.3, -0.25) is 4.79 Å². The number of amides is 1. The molecule has 8 heteroatoms. The Bertz CT molecular complexity index is 752. The predicted molar refractivity (Wildman–Crippen MR) is 125 cm³/mol. The van der Waals surface area contributed by atoms with Gasteiger partial charge in [0.15, 0.2) is 5.96 Å². The van der Waals surface area contributed by atoms with Gasteiger partial charge in [0.25, 0.3) is 0 Å². The summed E-state index contributed by atoms with van der Waals surface area (Å²) in [5.41, 5.74) is 2.05. The van der Waals surface area contributed by atoms with Gasteiger partial charge in [-0.1, -0.05) is 35.9 Å². The highest BCUT2D eigenvalue weighted by Gasteiger charge is 2.04. The molecule has 0 radical (unpaired) electrons. The molecule has 0 aliphatic carbocycles. The smallest absolute Gasteiger partial charge is 0.239 e. The molecule has 2 aromatic carbocycles. The zero-order valence-electron chi connectivity index (χ0n) is 16.0. The summed E-state index contributed by atoms with van der Waals surface area (Å²) in [4.78, 5) is 16.5. The Morgan fingerprint density at radius 2 is 1.64 bits per heavy atom. The molecule has 6 nitrogen and oxygen atoms in total. The highest BCUT2D eigenvalue weighted by molar-refractivity contribution is 14.0. The van der Waals surface area contributed by atoms with Crippen LogP contribution in [0.1, 0.15) is 18.1 Å². The Balaban J connectivity index is 0.00000392. The van der Waals surface area contributed by atoms with Gasteiger partial charge < -0.3 is 20.7 Å². The van der Waals surface area contributed by atoms with E-state index in [0.29, 0.717) is 30.6 Å². The molecule has 3 N–H and O–H groups in total. The molecule has 0 saturated carbocycles. The maximum Gasteiger partial charge on any atom is 0.239 e. The summed E-state index contributed by atoms with van der Waals surface area (Å²) in [6, 6.07) is 15.1. The summed E-state index contributed by atoms with van der Waals surface area (Å²) < 4.78 is 5.12. The summed E-state index contributed by atoms with van der Waals surface area (Å²) in [6.07, 6.45) is 0. The first-order valence-corrected chi connectivity index (χ1v) is 9.14. The third kappa shape index (κ3) is 8.79. The van der Waals surface area contributed by atoms with Crippen LogP contribution in [0.25, 0.3) is 0 Å². The Morgan fingerprint density at radius 3 is 2.25 bits per heavy atom. The van der Waals surface area contributed by atoms with E-state index in [-0.39, 0.29) is 36.4 Å². The van der Waals surface area contributed by atoms with Crippen LogP contribution in [0.5, 0.6) is 5.75 Å². The zero-order valence-corrected chi connectivity index (χ0v) is 19.1. The first-order chi connectivity index (χ1) is 13.1. The molecule has 0 bridgehead atoms. The van der Waals surface area contributed by atoms with Crippen molar-refractivity contribution in [3.05, 3.63) is 64.7 Å². The largest absolute Gasteiger partial charge is 0.497 e. The van der Waals surface area contributed by atoms with Crippen molar-refractivity contribution in [3.8, 4) is 5.75 Å². The number of methoxy groups -OCH3 is 1. The standard InChI is InChI=1S/C20H25ClN4O2.HI/c1-3-22-20(24-13-15-4-8-17(21)9-5-15)25-14-19(26)23-12-16-6-10-18(27-2)11-7-16;/h4-11H,3,12-14H2,1-2H3,(H,23,26)(H2,22,24,25);1H. The second-order valence-corrected chi connectivity index (χ2v) is 6.24. The number of carbonyl (C=O) groups excluding carboxylic acids is 1. The molecular formula is C20H26ClIN4O2. The van der Waals surface area contributed by atoms with Crippen LogP contribution in [0.2, 0.25) is 5.02 Å². The van der Waals surface area contributed by atoms with Crippen LogP contribution >= 0.6 is 35.6 Å². The number of benzene rings is 2. The summed E-state index contributed by atoms with van der Waals surface area (Å²) >= 11 is 5.89. The molecule has 0 aliphatic rings. The molecule has 28 heavy (non-hydrogen) atoms. The fourth-order valence-corrected chi connectivity index (χ4v) is 2.40. The third-order valence-electron chi connectivity index (χ3n) is 3.74. The first-order valence-electron chi connectivity index (χ1n) is 8.77.